The molecule has 0 fully saturated rings. The number of alkyl halides is 3. The molecule has 0 aliphatic heterocycles. The highest BCUT2D eigenvalue weighted by Crippen LogP contribution is 2.25. The Morgan fingerprint density at radius 3 is 2.32 bits per heavy atom. The van der Waals surface area contributed by atoms with Crippen molar-refractivity contribution in [1.82, 2.24) is 5.48 Å². The van der Waals surface area contributed by atoms with Gasteiger partial charge in [0.2, 0.25) is 3.79 Å². The maximum atomic E-state index is 11.2. The number of amides is 1. The molecule has 0 unspecified atom stereocenters. The molecule has 0 saturated heterocycles. The lowest BCUT2D eigenvalue weighted by molar-refractivity contribution is -0.149. The van der Waals surface area contributed by atoms with Gasteiger partial charge in [-0.15, -0.1) is 5.48 Å². The summed E-state index contributed by atoms with van der Waals surface area (Å²) in [5.74, 6) is -0.526. The average molecular weight is 335 g/mol. The van der Waals surface area contributed by atoms with Gasteiger partial charge in [0.25, 0.3) is 0 Å². The van der Waals surface area contributed by atoms with Gasteiger partial charge in [-0.1, -0.05) is 67.4 Å². The highest BCUT2D eigenvalue weighted by molar-refractivity contribution is 6.67. The van der Waals surface area contributed by atoms with Gasteiger partial charge in [-0.25, -0.2) is 9.59 Å². The molecule has 8 heteroatoms. The number of hydrogen-bond acceptors (Lipinski definition) is 4. The fourth-order valence-electron chi connectivity index (χ4n) is 1.20. The van der Waals surface area contributed by atoms with E-state index >= 15 is 0 Å². The Morgan fingerprint density at radius 1 is 1.11 bits per heavy atom. The Hall–Kier alpha value is -0.390. The summed E-state index contributed by atoms with van der Waals surface area (Å²) in [5.41, 5.74) is 1.82. The first-order valence-corrected chi connectivity index (χ1v) is 7.17. The van der Waals surface area contributed by atoms with Crippen LogP contribution < -0.4 is 5.48 Å². The number of hydroxylamine groups is 1. The smallest absolute Gasteiger partial charge is 0.440 e. The zero-order valence-corrected chi connectivity index (χ0v) is 13.0. The Bertz CT molecular complexity index is 282. The minimum absolute atomic E-state index is 0.244. The molecule has 0 aromatic rings. The van der Waals surface area contributed by atoms with Crippen molar-refractivity contribution < 1.29 is 19.2 Å². The van der Waals surface area contributed by atoms with Crippen molar-refractivity contribution in [3.8, 4) is 0 Å². The first-order chi connectivity index (χ1) is 8.85. The van der Waals surface area contributed by atoms with E-state index in [1.165, 1.54) is 0 Å². The third kappa shape index (κ3) is 13.8. The number of ether oxygens (including phenoxy) is 1. The van der Waals surface area contributed by atoms with Gasteiger partial charge in [0.1, 0.15) is 6.61 Å². The molecule has 1 amide bonds. The van der Waals surface area contributed by atoms with Crippen molar-refractivity contribution in [2.45, 2.75) is 49.2 Å². The van der Waals surface area contributed by atoms with E-state index in [4.69, 9.17) is 34.8 Å². The van der Waals surface area contributed by atoms with Crippen molar-refractivity contribution in [1.29, 1.82) is 0 Å². The van der Waals surface area contributed by atoms with Gasteiger partial charge in [0.15, 0.2) is 0 Å². The molecule has 1 N–H and O–H groups in total. The molecule has 0 aliphatic rings. The third-order valence-electron chi connectivity index (χ3n) is 2.10. The van der Waals surface area contributed by atoms with Crippen LogP contribution >= 0.6 is 34.8 Å². The van der Waals surface area contributed by atoms with Crippen molar-refractivity contribution >= 4 is 46.9 Å². The van der Waals surface area contributed by atoms with Crippen LogP contribution in [0.5, 0.6) is 0 Å². The van der Waals surface area contributed by atoms with E-state index in [0.717, 1.165) is 32.1 Å². The number of carbonyl (C=O) groups is 2. The highest BCUT2D eigenvalue weighted by atomic mass is 35.6. The Kier molecular flexibility index (Phi) is 10.2. The monoisotopic (exact) mass is 333 g/mol. The second-order valence-corrected chi connectivity index (χ2v) is 6.45. The van der Waals surface area contributed by atoms with Crippen molar-refractivity contribution in [3.05, 3.63) is 0 Å². The molecule has 0 saturated carbocycles. The van der Waals surface area contributed by atoms with E-state index < -0.39 is 22.5 Å². The molecule has 0 bridgehead atoms. The van der Waals surface area contributed by atoms with Gasteiger partial charge in [-0.3, -0.25) is 0 Å². The molecule has 0 rings (SSSR count). The number of rotatable bonds is 7. The summed E-state index contributed by atoms with van der Waals surface area (Å²) in [6.07, 6.45) is 4.32. The van der Waals surface area contributed by atoms with E-state index in [9.17, 15) is 9.59 Å². The Balaban J connectivity index is 3.53. The topological polar surface area (TPSA) is 64.6 Å². The predicted octanol–water partition coefficient (Wildman–Crippen LogP) is 3.90. The zero-order chi connectivity index (χ0) is 14.7. The largest absolute Gasteiger partial charge is 0.443 e. The van der Waals surface area contributed by atoms with Gasteiger partial charge in [-0.05, 0) is 6.42 Å². The minimum Gasteiger partial charge on any atom is -0.443 e. The number of nitrogens with one attached hydrogen (secondary N) is 1. The molecule has 0 atom stereocenters. The first kappa shape index (κ1) is 18.6. The van der Waals surface area contributed by atoms with Gasteiger partial charge < -0.3 is 9.57 Å². The number of unbranched alkanes of at least 4 members (excludes halogenated alkanes) is 4. The maximum Gasteiger partial charge on any atom is 0.440 e. The minimum atomic E-state index is -1.69. The van der Waals surface area contributed by atoms with Crippen LogP contribution in [0.4, 0.5) is 4.79 Å². The fourth-order valence-corrected chi connectivity index (χ4v) is 1.36. The van der Waals surface area contributed by atoms with Gasteiger partial charge >= 0.3 is 12.1 Å². The van der Waals surface area contributed by atoms with Crippen LogP contribution in [0, 0.1) is 0 Å². The van der Waals surface area contributed by atoms with Crippen molar-refractivity contribution in [2.75, 3.05) is 6.61 Å². The lowest BCUT2D eigenvalue weighted by atomic mass is 10.1. The summed E-state index contributed by atoms with van der Waals surface area (Å²) in [6, 6.07) is 0. The van der Waals surface area contributed by atoms with Crippen LogP contribution in [-0.2, 0) is 14.4 Å². The zero-order valence-electron chi connectivity index (χ0n) is 10.7. The molecule has 0 aliphatic carbocycles. The summed E-state index contributed by atoms with van der Waals surface area (Å²) in [4.78, 5) is 26.7. The van der Waals surface area contributed by atoms with Crippen LogP contribution in [0.25, 0.3) is 0 Å². The standard InChI is InChI=1S/C11H18Cl3NO4/c1-2-3-4-5-6-7-9(16)19-15-10(17)18-8-11(12,13)14/h2-8H2,1H3,(H,15,17). The Morgan fingerprint density at radius 2 is 1.74 bits per heavy atom. The molecule has 0 radical (unpaired) electrons. The maximum absolute atomic E-state index is 11.2. The molecular formula is C11H18Cl3NO4. The van der Waals surface area contributed by atoms with Crippen LogP contribution in [-0.4, -0.2) is 22.5 Å². The van der Waals surface area contributed by atoms with E-state index in [1.807, 2.05) is 5.48 Å². The van der Waals surface area contributed by atoms with Crippen LogP contribution in [0.15, 0.2) is 0 Å². The molecule has 0 spiro atoms. The quantitative estimate of drug-likeness (QED) is 0.435. The summed E-state index contributed by atoms with van der Waals surface area (Å²) in [7, 11) is 0. The normalized spacial score (nSPS) is 10.9. The molecule has 0 aromatic heterocycles. The van der Waals surface area contributed by atoms with E-state index in [-0.39, 0.29) is 6.42 Å². The number of halogens is 3. The number of hydrogen-bond donors (Lipinski definition) is 1. The molecule has 5 nitrogen and oxygen atoms in total. The lowest BCUT2D eigenvalue weighted by Gasteiger charge is -2.11. The van der Waals surface area contributed by atoms with Crippen molar-refractivity contribution in [2.24, 2.45) is 0 Å². The summed E-state index contributed by atoms with van der Waals surface area (Å²) >= 11 is 16.1. The third-order valence-corrected chi connectivity index (χ3v) is 2.43. The van der Waals surface area contributed by atoms with Gasteiger partial charge in [0, 0.05) is 6.42 Å². The predicted molar refractivity (Wildman–Crippen MR) is 74.2 cm³/mol. The Labute approximate surface area is 127 Å². The SMILES string of the molecule is CCCCCCCC(=O)ONC(=O)OCC(Cl)(Cl)Cl. The highest BCUT2D eigenvalue weighted by Gasteiger charge is 2.22. The fraction of sp³-hybridized carbons (Fsp3) is 0.818. The lowest BCUT2D eigenvalue weighted by Crippen LogP contribution is -2.30. The summed E-state index contributed by atoms with van der Waals surface area (Å²) in [5, 5.41) is 0. The summed E-state index contributed by atoms with van der Waals surface area (Å²) < 4.78 is 2.80. The van der Waals surface area contributed by atoms with Crippen LogP contribution in [0.3, 0.4) is 0 Å². The van der Waals surface area contributed by atoms with E-state index in [0.29, 0.717) is 0 Å². The summed E-state index contributed by atoms with van der Waals surface area (Å²) in [6.45, 7) is 1.68. The molecule has 112 valence electrons. The number of carbonyl (C=O) groups excluding carboxylic acids is 2. The second kappa shape index (κ2) is 10.4. The van der Waals surface area contributed by atoms with Gasteiger partial charge in [-0.2, -0.15) is 0 Å². The molecular weight excluding hydrogens is 316 g/mol. The average Bonchev–Trinajstić information content (AvgIpc) is 2.32. The van der Waals surface area contributed by atoms with Gasteiger partial charge in [0.05, 0.1) is 0 Å². The first-order valence-electron chi connectivity index (χ1n) is 6.04. The molecule has 0 heterocycles. The van der Waals surface area contributed by atoms with Crippen LogP contribution in [0.2, 0.25) is 0 Å². The van der Waals surface area contributed by atoms with E-state index in [1.54, 1.807) is 0 Å². The van der Waals surface area contributed by atoms with E-state index in [2.05, 4.69) is 16.5 Å². The second-order valence-electron chi connectivity index (χ2n) is 3.93. The van der Waals surface area contributed by atoms with Crippen molar-refractivity contribution in [3.63, 3.8) is 0 Å². The van der Waals surface area contributed by atoms with Crippen LogP contribution in [0.1, 0.15) is 45.4 Å². The molecule has 0 aromatic carbocycles. The molecule has 19 heavy (non-hydrogen) atoms.